The molecule has 0 radical (unpaired) electrons. The topological polar surface area (TPSA) is 44.5 Å². The molecule has 0 amide bonds. The van der Waals surface area contributed by atoms with Crippen molar-refractivity contribution in [3.63, 3.8) is 0 Å². The number of alkyl halides is 3. The Morgan fingerprint density at radius 1 is 1.18 bits per heavy atom. The summed E-state index contributed by atoms with van der Waals surface area (Å²) < 4.78 is 47.3. The van der Waals surface area contributed by atoms with E-state index in [1.54, 1.807) is 0 Å². The van der Waals surface area contributed by atoms with Gasteiger partial charge < -0.3 is 15.2 Å². The molecular weight excluding hydrogens is 235 g/mol. The van der Waals surface area contributed by atoms with Gasteiger partial charge >= 0.3 is 6.18 Å². The smallest absolute Gasteiger partial charge is 0.425 e. The first-order valence-electron chi connectivity index (χ1n) is 5.05. The van der Waals surface area contributed by atoms with Crippen LogP contribution in [0.4, 0.5) is 13.2 Å². The Bertz CT molecular complexity index is 338. The minimum absolute atomic E-state index is 0.0830. The lowest BCUT2D eigenvalue weighted by molar-refractivity contribution is -0.196. The average Bonchev–Trinajstić information content (AvgIpc) is 2.28. The van der Waals surface area contributed by atoms with Crippen LogP contribution in [0.15, 0.2) is 24.3 Å². The molecule has 0 heterocycles. The lowest BCUT2D eigenvalue weighted by Gasteiger charge is -2.21. The zero-order valence-corrected chi connectivity index (χ0v) is 9.33. The zero-order valence-electron chi connectivity index (χ0n) is 9.33. The van der Waals surface area contributed by atoms with E-state index in [1.165, 1.54) is 31.4 Å². The van der Waals surface area contributed by atoms with E-state index < -0.39 is 12.3 Å². The lowest BCUT2D eigenvalue weighted by atomic mass is 10.2. The summed E-state index contributed by atoms with van der Waals surface area (Å²) in [6.07, 6.45) is -6.56. The molecule has 0 aromatic heterocycles. The molecule has 17 heavy (non-hydrogen) atoms. The third-order valence-corrected chi connectivity index (χ3v) is 2.13. The highest BCUT2D eigenvalue weighted by Crippen LogP contribution is 2.27. The van der Waals surface area contributed by atoms with Crippen molar-refractivity contribution in [1.29, 1.82) is 0 Å². The minimum Gasteiger partial charge on any atom is -0.497 e. The second-order valence-electron chi connectivity index (χ2n) is 3.40. The molecule has 1 unspecified atom stereocenters. The van der Waals surface area contributed by atoms with Gasteiger partial charge in [0.05, 0.1) is 7.11 Å². The Labute approximate surface area is 97.3 Å². The molecule has 0 aliphatic heterocycles. The lowest BCUT2D eigenvalue weighted by Crippen LogP contribution is -2.36. The highest BCUT2D eigenvalue weighted by molar-refractivity contribution is 5.31. The summed E-state index contributed by atoms with van der Waals surface area (Å²) in [5.41, 5.74) is 5.13. The predicted molar refractivity (Wildman–Crippen MR) is 57.1 cm³/mol. The van der Waals surface area contributed by atoms with Gasteiger partial charge in [0, 0.05) is 6.42 Å². The largest absolute Gasteiger partial charge is 0.497 e. The quantitative estimate of drug-likeness (QED) is 0.871. The van der Waals surface area contributed by atoms with Crippen molar-refractivity contribution >= 4 is 0 Å². The van der Waals surface area contributed by atoms with E-state index in [-0.39, 0.29) is 18.7 Å². The molecule has 0 saturated heterocycles. The Morgan fingerprint density at radius 2 is 1.71 bits per heavy atom. The molecule has 0 aliphatic carbocycles. The van der Waals surface area contributed by atoms with E-state index in [2.05, 4.69) is 0 Å². The van der Waals surface area contributed by atoms with Crippen LogP contribution >= 0.6 is 0 Å². The molecule has 3 nitrogen and oxygen atoms in total. The molecule has 6 heteroatoms. The highest BCUT2D eigenvalue weighted by Gasteiger charge is 2.41. The summed E-state index contributed by atoms with van der Waals surface area (Å²) in [7, 11) is 1.48. The van der Waals surface area contributed by atoms with Crippen molar-refractivity contribution in [2.75, 3.05) is 13.7 Å². The molecule has 1 aromatic carbocycles. The van der Waals surface area contributed by atoms with Gasteiger partial charge in [0.25, 0.3) is 0 Å². The number of ether oxygens (including phenoxy) is 2. The second kappa shape index (κ2) is 5.77. The van der Waals surface area contributed by atoms with E-state index in [9.17, 15) is 13.2 Å². The molecule has 0 bridgehead atoms. The van der Waals surface area contributed by atoms with Crippen LogP contribution in [0.5, 0.6) is 11.5 Å². The van der Waals surface area contributed by atoms with E-state index >= 15 is 0 Å². The van der Waals surface area contributed by atoms with Crippen LogP contribution in [0.2, 0.25) is 0 Å². The first-order valence-corrected chi connectivity index (χ1v) is 5.05. The number of methoxy groups -OCH3 is 1. The van der Waals surface area contributed by atoms with Crippen molar-refractivity contribution in [2.45, 2.75) is 18.7 Å². The molecular formula is C11H14F3NO2. The fourth-order valence-electron chi connectivity index (χ4n) is 1.26. The van der Waals surface area contributed by atoms with E-state index in [0.717, 1.165) is 0 Å². The van der Waals surface area contributed by atoms with E-state index in [1.807, 2.05) is 0 Å². The SMILES string of the molecule is COc1ccc(OC(CCN)C(F)(F)F)cc1. The maximum Gasteiger partial charge on any atom is 0.425 e. The summed E-state index contributed by atoms with van der Waals surface area (Å²) in [4.78, 5) is 0. The molecule has 1 rings (SSSR count). The summed E-state index contributed by atoms with van der Waals surface area (Å²) >= 11 is 0. The summed E-state index contributed by atoms with van der Waals surface area (Å²) in [5, 5.41) is 0. The van der Waals surface area contributed by atoms with Crippen molar-refractivity contribution in [3.05, 3.63) is 24.3 Å². The van der Waals surface area contributed by atoms with Gasteiger partial charge in [0.15, 0.2) is 6.10 Å². The van der Waals surface area contributed by atoms with Gasteiger partial charge in [-0.2, -0.15) is 13.2 Å². The van der Waals surface area contributed by atoms with Gasteiger partial charge in [-0.25, -0.2) is 0 Å². The van der Waals surface area contributed by atoms with Crippen LogP contribution in [0.25, 0.3) is 0 Å². The maximum absolute atomic E-state index is 12.5. The summed E-state index contributed by atoms with van der Waals surface area (Å²) in [5.74, 6) is 0.696. The standard InChI is InChI=1S/C11H14F3NO2/c1-16-8-2-4-9(5-3-8)17-10(6-7-15)11(12,13)14/h2-5,10H,6-7,15H2,1H3. The number of rotatable bonds is 5. The summed E-state index contributed by atoms with van der Waals surface area (Å²) in [6, 6.07) is 5.92. The molecule has 0 aliphatic rings. The number of benzene rings is 1. The van der Waals surface area contributed by atoms with Gasteiger partial charge in [-0.1, -0.05) is 0 Å². The third kappa shape index (κ3) is 4.14. The van der Waals surface area contributed by atoms with Gasteiger partial charge in [-0.05, 0) is 30.8 Å². The zero-order chi connectivity index (χ0) is 12.9. The molecule has 0 fully saturated rings. The average molecular weight is 249 g/mol. The molecule has 1 atom stereocenters. The van der Waals surface area contributed by atoms with Crippen molar-refractivity contribution < 1.29 is 22.6 Å². The second-order valence-corrected chi connectivity index (χ2v) is 3.40. The first-order chi connectivity index (χ1) is 7.97. The molecule has 96 valence electrons. The van der Waals surface area contributed by atoms with Gasteiger partial charge in [0.1, 0.15) is 11.5 Å². The van der Waals surface area contributed by atoms with Crippen LogP contribution < -0.4 is 15.2 Å². The van der Waals surface area contributed by atoms with Crippen LogP contribution in [-0.4, -0.2) is 25.9 Å². The van der Waals surface area contributed by atoms with Gasteiger partial charge in [0.2, 0.25) is 0 Å². The number of nitrogens with two attached hydrogens (primary N) is 1. The van der Waals surface area contributed by atoms with Crippen molar-refractivity contribution in [1.82, 2.24) is 0 Å². The Kier molecular flexibility index (Phi) is 4.62. The van der Waals surface area contributed by atoms with Gasteiger partial charge in [-0.15, -0.1) is 0 Å². The van der Waals surface area contributed by atoms with Crippen LogP contribution in [-0.2, 0) is 0 Å². The minimum atomic E-state index is -4.42. The maximum atomic E-state index is 12.5. The number of hydrogen-bond donors (Lipinski definition) is 1. The predicted octanol–water partition coefficient (Wildman–Crippen LogP) is 2.35. The van der Waals surface area contributed by atoms with Crippen molar-refractivity contribution in [2.24, 2.45) is 5.73 Å². The fraction of sp³-hybridized carbons (Fsp3) is 0.455. The Morgan fingerprint density at radius 3 is 2.12 bits per heavy atom. The first kappa shape index (κ1) is 13.6. The Hall–Kier alpha value is -1.43. The van der Waals surface area contributed by atoms with Crippen LogP contribution in [0.1, 0.15) is 6.42 Å². The third-order valence-electron chi connectivity index (χ3n) is 2.13. The van der Waals surface area contributed by atoms with E-state index in [0.29, 0.717) is 5.75 Å². The van der Waals surface area contributed by atoms with E-state index in [4.69, 9.17) is 15.2 Å². The molecule has 0 saturated carbocycles. The van der Waals surface area contributed by atoms with Crippen LogP contribution in [0.3, 0.4) is 0 Å². The summed E-state index contributed by atoms with van der Waals surface area (Å²) in [6.45, 7) is -0.0830. The number of halogens is 3. The normalized spacial score (nSPS) is 13.2. The molecule has 0 spiro atoms. The van der Waals surface area contributed by atoms with Gasteiger partial charge in [-0.3, -0.25) is 0 Å². The highest BCUT2D eigenvalue weighted by atomic mass is 19.4. The molecule has 1 aromatic rings. The van der Waals surface area contributed by atoms with Crippen molar-refractivity contribution in [3.8, 4) is 11.5 Å². The Balaban J connectivity index is 2.72. The fourth-order valence-corrected chi connectivity index (χ4v) is 1.26. The molecule has 2 N–H and O–H groups in total. The number of hydrogen-bond acceptors (Lipinski definition) is 3. The van der Waals surface area contributed by atoms with Crippen LogP contribution in [0, 0.1) is 0 Å². The monoisotopic (exact) mass is 249 g/mol.